The Bertz CT molecular complexity index is 1440. The van der Waals surface area contributed by atoms with Gasteiger partial charge in [-0.15, -0.1) is 11.8 Å². The minimum atomic E-state index is -4.09. The van der Waals surface area contributed by atoms with Gasteiger partial charge in [0.2, 0.25) is 11.8 Å². The average molecular weight is 622 g/mol. The highest BCUT2D eigenvalue weighted by Gasteiger charge is 2.34. The second-order valence-corrected chi connectivity index (χ2v) is 13.9. The SMILES string of the molecule is CCC(C(=O)NC1CCCCC1)N(CCc1ccccc1)C(=O)CN(c1ccc(C)cc1)S(=O)(=O)c1ccc(SC)cc1. The van der Waals surface area contributed by atoms with Gasteiger partial charge in [-0.3, -0.25) is 13.9 Å². The molecule has 0 bridgehead atoms. The lowest BCUT2D eigenvalue weighted by molar-refractivity contribution is -0.140. The minimum Gasteiger partial charge on any atom is -0.352 e. The molecule has 230 valence electrons. The fourth-order valence-electron chi connectivity index (χ4n) is 5.55. The molecule has 0 spiro atoms. The number of carbonyl (C=O) groups is 2. The van der Waals surface area contributed by atoms with Crippen molar-refractivity contribution in [1.29, 1.82) is 0 Å². The fourth-order valence-corrected chi connectivity index (χ4v) is 7.38. The van der Waals surface area contributed by atoms with E-state index in [9.17, 15) is 18.0 Å². The van der Waals surface area contributed by atoms with E-state index < -0.39 is 28.5 Å². The normalized spacial score (nSPS) is 14.6. The summed E-state index contributed by atoms with van der Waals surface area (Å²) in [6.45, 7) is 3.70. The maximum atomic E-state index is 14.2. The Morgan fingerprint density at radius 2 is 1.58 bits per heavy atom. The molecule has 1 fully saturated rings. The van der Waals surface area contributed by atoms with Crippen LogP contribution in [0.1, 0.15) is 56.6 Å². The predicted molar refractivity (Wildman–Crippen MR) is 175 cm³/mol. The van der Waals surface area contributed by atoms with Crippen molar-refractivity contribution in [3.05, 3.63) is 90.0 Å². The van der Waals surface area contributed by atoms with Crippen LogP contribution in [0.4, 0.5) is 5.69 Å². The quantitative estimate of drug-likeness (QED) is 0.229. The van der Waals surface area contributed by atoms with Gasteiger partial charge in [0.05, 0.1) is 10.6 Å². The summed E-state index contributed by atoms with van der Waals surface area (Å²) in [5.41, 5.74) is 2.42. The summed E-state index contributed by atoms with van der Waals surface area (Å²) in [5, 5.41) is 3.19. The van der Waals surface area contributed by atoms with Crippen molar-refractivity contribution in [3.63, 3.8) is 0 Å². The molecule has 1 N–H and O–H groups in total. The van der Waals surface area contributed by atoms with E-state index >= 15 is 0 Å². The van der Waals surface area contributed by atoms with E-state index in [1.807, 2.05) is 62.6 Å². The summed E-state index contributed by atoms with van der Waals surface area (Å²) < 4.78 is 29.3. The third-order valence-electron chi connectivity index (χ3n) is 8.07. The highest BCUT2D eigenvalue weighted by Crippen LogP contribution is 2.27. The third kappa shape index (κ3) is 8.63. The van der Waals surface area contributed by atoms with E-state index in [2.05, 4.69) is 5.32 Å². The number of hydrogen-bond acceptors (Lipinski definition) is 5. The van der Waals surface area contributed by atoms with Crippen molar-refractivity contribution >= 4 is 39.3 Å². The van der Waals surface area contributed by atoms with Crippen LogP contribution in [0, 0.1) is 6.92 Å². The molecule has 0 saturated heterocycles. The molecule has 1 unspecified atom stereocenters. The molecular weight excluding hydrogens is 579 g/mol. The molecule has 1 saturated carbocycles. The zero-order valence-electron chi connectivity index (χ0n) is 25.4. The average Bonchev–Trinajstić information content (AvgIpc) is 3.03. The Morgan fingerprint density at radius 3 is 2.19 bits per heavy atom. The Kier molecular flexibility index (Phi) is 11.7. The predicted octanol–water partition coefficient (Wildman–Crippen LogP) is 6.21. The minimum absolute atomic E-state index is 0.107. The second-order valence-electron chi connectivity index (χ2n) is 11.1. The summed E-state index contributed by atoms with van der Waals surface area (Å²) in [6.07, 6.45) is 8.12. The maximum absolute atomic E-state index is 14.2. The smallest absolute Gasteiger partial charge is 0.264 e. The van der Waals surface area contributed by atoms with Crippen LogP contribution in [0.3, 0.4) is 0 Å². The molecule has 1 aliphatic carbocycles. The molecule has 9 heteroatoms. The van der Waals surface area contributed by atoms with E-state index in [1.54, 1.807) is 41.3 Å². The molecule has 1 atom stereocenters. The molecular formula is C34H43N3O4S2. The Labute approximate surface area is 261 Å². The molecule has 43 heavy (non-hydrogen) atoms. The number of carbonyl (C=O) groups excluding carboxylic acids is 2. The number of anilines is 1. The number of sulfonamides is 1. The monoisotopic (exact) mass is 621 g/mol. The first-order valence-corrected chi connectivity index (χ1v) is 17.8. The van der Waals surface area contributed by atoms with Gasteiger partial charge >= 0.3 is 0 Å². The molecule has 0 aliphatic heterocycles. The van der Waals surface area contributed by atoms with Crippen LogP contribution in [0.5, 0.6) is 0 Å². The van der Waals surface area contributed by atoms with E-state index in [0.717, 1.165) is 41.7 Å². The van der Waals surface area contributed by atoms with Gasteiger partial charge in [0.15, 0.2) is 0 Å². The summed E-state index contributed by atoms with van der Waals surface area (Å²) in [5.74, 6) is -0.584. The van der Waals surface area contributed by atoms with Gasteiger partial charge in [-0.2, -0.15) is 0 Å². The molecule has 4 rings (SSSR count). The summed E-state index contributed by atoms with van der Waals surface area (Å²) in [6, 6.07) is 23.0. The number of aryl methyl sites for hydroxylation is 1. The molecule has 1 aliphatic rings. The lowest BCUT2D eigenvalue weighted by atomic mass is 9.95. The zero-order chi connectivity index (χ0) is 30.8. The van der Waals surface area contributed by atoms with Crippen molar-refractivity contribution in [2.75, 3.05) is 23.7 Å². The van der Waals surface area contributed by atoms with Crippen LogP contribution in [0.25, 0.3) is 0 Å². The summed E-state index contributed by atoms with van der Waals surface area (Å²) in [7, 11) is -4.09. The van der Waals surface area contributed by atoms with Crippen molar-refractivity contribution < 1.29 is 18.0 Å². The summed E-state index contributed by atoms with van der Waals surface area (Å²) >= 11 is 1.53. The molecule has 0 heterocycles. The molecule has 3 aromatic carbocycles. The topological polar surface area (TPSA) is 86.8 Å². The highest BCUT2D eigenvalue weighted by atomic mass is 32.2. The van der Waals surface area contributed by atoms with Crippen LogP contribution < -0.4 is 9.62 Å². The number of amides is 2. The standard InChI is InChI=1S/C34H43N3O4S2/c1-4-32(34(39)35-28-13-9-6-10-14-28)36(24-23-27-11-7-5-8-12-27)33(38)25-37(29-17-15-26(2)16-18-29)43(40,41)31-21-19-30(42-3)20-22-31/h5,7-8,11-12,15-22,28,32H,4,6,9-10,13-14,23-25H2,1-3H3,(H,35,39). The van der Waals surface area contributed by atoms with Gasteiger partial charge in [-0.25, -0.2) is 8.42 Å². The Morgan fingerprint density at radius 1 is 0.930 bits per heavy atom. The van der Waals surface area contributed by atoms with Crippen LogP contribution >= 0.6 is 11.8 Å². The number of thioether (sulfide) groups is 1. The molecule has 3 aromatic rings. The van der Waals surface area contributed by atoms with Gasteiger partial charge in [-0.05, 0) is 80.8 Å². The second kappa shape index (κ2) is 15.4. The van der Waals surface area contributed by atoms with Gasteiger partial charge in [0.25, 0.3) is 10.0 Å². The fraction of sp³-hybridized carbons (Fsp3) is 0.412. The molecule has 2 amide bonds. The van der Waals surface area contributed by atoms with Crippen LogP contribution in [-0.2, 0) is 26.0 Å². The zero-order valence-corrected chi connectivity index (χ0v) is 27.0. The van der Waals surface area contributed by atoms with E-state index in [1.165, 1.54) is 22.5 Å². The first-order chi connectivity index (χ1) is 20.7. The number of hydrogen-bond donors (Lipinski definition) is 1. The van der Waals surface area contributed by atoms with Crippen LogP contribution in [-0.4, -0.2) is 56.6 Å². The maximum Gasteiger partial charge on any atom is 0.264 e. The van der Waals surface area contributed by atoms with Crippen LogP contribution in [0.15, 0.2) is 88.7 Å². The van der Waals surface area contributed by atoms with Crippen molar-refractivity contribution in [1.82, 2.24) is 10.2 Å². The number of rotatable bonds is 13. The third-order valence-corrected chi connectivity index (χ3v) is 10.6. The largest absolute Gasteiger partial charge is 0.352 e. The van der Waals surface area contributed by atoms with Gasteiger partial charge < -0.3 is 10.2 Å². The van der Waals surface area contributed by atoms with Gasteiger partial charge in [-0.1, -0.05) is 74.2 Å². The van der Waals surface area contributed by atoms with E-state index in [-0.39, 0.29) is 16.8 Å². The molecule has 7 nitrogen and oxygen atoms in total. The van der Waals surface area contributed by atoms with E-state index in [0.29, 0.717) is 25.1 Å². The van der Waals surface area contributed by atoms with Crippen LogP contribution in [0.2, 0.25) is 0 Å². The first kappa shape index (κ1) is 32.6. The first-order valence-electron chi connectivity index (χ1n) is 15.1. The Hall–Kier alpha value is -3.30. The summed E-state index contributed by atoms with van der Waals surface area (Å²) in [4.78, 5) is 30.5. The highest BCUT2D eigenvalue weighted by molar-refractivity contribution is 7.98. The Balaban J connectivity index is 1.66. The van der Waals surface area contributed by atoms with Gasteiger partial charge in [0, 0.05) is 17.5 Å². The van der Waals surface area contributed by atoms with Gasteiger partial charge in [0.1, 0.15) is 12.6 Å². The molecule has 0 radical (unpaired) electrons. The number of benzene rings is 3. The van der Waals surface area contributed by atoms with E-state index in [4.69, 9.17) is 0 Å². The van der Waals surface area contributed by atoms with Crippen molar-refractivity contribution in [2.24, 2.45) is 0 Å². The number of nitrogens with one attached hydrogen (secondary N) is 1. The van der Waals surface area contributed by atoms with Crippen molar-refractivity contribution in [3.8, 4) is 0 Å². The number of nitrogens with zero attached hydrogens (tertiary/aromatic N) is 2. The molecule has 0 aromatic heterocycles. The van der Waals surface area contributed by atoms with Crippen molar-refractivity contribution in [2.45, 2.75) is 80.7 Å². The lowest BCUT2D eigenvalue weighted by Gasteiger charge is -2.34. The lowest BCUT2D eigenvalue weighted by Crippen LogP contribution is -2.54.